The minimum atomic E-state index is 0. The Hall–Kier alpha value is -0.870. The summed E-state index contributed by atoms with van der Waals surface area (Å²) < 4.78 is 7.91. The van der Waals surface area contributed by atoms with E-state index in [1.54, 1.807) is 0 Å². The van der Waals surface area contributed by atoms with E-state index >= 15 is 0 Å². The summed E-state index contributed by atoms with van der Waals surface area (Å²) in [4.78, 5) is 7.15. The fraction of sp³-hybridized carbons (Fsp3) is 0.810. The second-order valence-electron chi connectivity index (χ2n) is 8.46. The lowest BCUT2D eigenvalue weighted by atomic mass is 9.60. The second kappa shape index (κ2) is 10.9. The van der Waals surface area contributed by atoms with Crippen LogP contribution >= 0.6 is 24.0 Å². The number of ether oxygens (including phenoxy) is 1. The summed E-state index contributed by atoms with van der Waals surface area (Å²) in [6, 6.07) is 0.669. The summed E-state index contributed by atoms with van der Waals surface area (Å²) in [6.07, 6.45) is 10.7. The van der Waals surface area contributed by atoms with Crippen molar-refractivity contribution in [3.05, 3.63) is 18.0 Å². The van der Waals surface area contributed by atoms with Crippen LogP contribution < -0.4 is 10.6 Å². The standard InChI is InChI=1S/C21H38N6O.HI/c1-6-22-20(23-14-17(26(3)4)16-13-24-27(5)15-16)25-18-12-19(28-7-2)21(18)10-8-9-11-21;/h13,15,17-19H,6-12,14H2,1-5H3,(H2,22,23,25);1H. The van der Waals surface area contributed by atoms with Crippen LogP contribution in [0.2, 0.25) is 0 Å². The molecule has 0 bridgehead atoms. The highest BCUT2D eigenvalue weighted by molar-refractivity contribution is 14.0. The number of aryl methyl sites for hydroxylation is 1. The maximum absolute atomic E-state index is 6.06. The largest absolute Gasteiger partial charge is 0.378 e. The highest BCUT2D eigenvalue weighted by Gasteiger charge is 2.56. The number of hydrogen-bond acceptors (Lipinski definition) is 4. The maximum Gasteiger partial charge on any atom is 0.191 e. The summed E-state index contributed by atoms with van der Waals surface area (Å²) in [5.41, 5.74) is 1.50. The lowest BCUT2D eigenvalue weighted by Crippen LogP contribution is -2.65. The molecule has 8 heteroatoms. The van der Waals surface area contributed by atoms with E-state index in [2.05, 4.69) is 54.8 Å². The zero-order valence-electron chi connectivity index (χ0n) is 18.6. The first-order valence-electron chi connectivity index (χ1n) is 10.8. The molecule has 0 amide bonds. The topological polar surface area (TPSA) is 66.7 Å². The lowest BCUT2D eigenvalue weighted by Gasteiger charge is -2.54. The van der Waals surface area contributed by atoms with Gasteiger partial charge < -0.3 is 20.3 Å². The Morgan fingerprint density at radius 2 is 2.10 bits per heavy atom. The van der Waals surface area contributed by atoms with E-state index in [1.807, 2.05) is 17.9 Å². The molecule has 2 aliphatic rings. The van der Waals surface area contributed by atoms with Gasteiger partial charge in [0.05, 0.1) is 24.9 Å². The van der Waals surface area contributed by atoms with Gasteiger partial charge in [-0.1, -0.05) is 12.8 Å². The number of likely N-dealkylation sites (N-methyl/N-ethyl adjacent to an activating group) is 1. The highest BCUT2D eigenvalue weighted by Crippen LogP contribution is 2.54. The number of halogens is 1. The van der Waals surface area contributed by atoms with Gasteiger partial charge in [-0.15, -0.1) is 24.0 Å². The third-order valence-electron chi connectivity index (χ3n) is 6.50. The summed E-state index contributed by atoms with van der Waals surface area (Å²) in [7, 11) is 6.15. The Kier molecular flexibility index (Phi) is 9.21. The van der Waals surface area contributed by atoms with Crippen molar-refractivity contribution < 1.29 is 4.74 Å². The van der Waals surface area contributed by atoms with Crippen LogP contribution in [0.25, 0.3) is 0 Å². The summed E-state index contributed by atoms with van der Waals surface area (Å²) in [6.45, 7) is 6.59. The Balaban J connectivity index is 0.00000300. The van der Waals surface area contributed by atoms with Gasteiger partial charge in [-0.05, 0) is 47.2 Å². The van der Waals surface area contributed by atoms with Crippen molar-refractivity contribution in [1.29, 1.82) is 0 Å². The van der Waals surface area contributed by atoms with E-state index in [-0.39, 0.29) is 30.0 Å². The van der Waals surface area contributed by atoms with E-state index in [9.17, 15) is 0 Å². The van der Waals surface area contributed by atoms with Gasteiger partial charge in [-0.2, -0.15) is 5.10 Å². The van der Waals surface area contributed by atoms with Crippen LogP contribution in [0.5, 0.6) is 0 Å². The monoisotopic (exact) mass is 518 g/mol. The van der Waals surface area contributed by atoms with Crippen molar-refractivity contribution in [1.82, 2.24) is 25.3 Å². The minimum Gasteiger partial charge on any atom is -0.378 e. The fourth-order valence-corrected chi connectivity index (χ4v) is 4.93. The number of rotatable bonds is 8. The first-order chi connectivity index (χ1) is 13.5. The maximum atomic E-state index is 6.06. The normalized spacial score (nSPS) is 24.3. The second-order valence-corrected chi connectivity index (χ2v) is 8.46. The van der Waals surface area contributed by atoms with Crippen molar-refractivity contribution in [3.8, 4) is 0 Å². The first kappa shape index (κ1) is 24.4. The molecule has 0 aromatic carbocycles. The van der Waals surface area contributed by atoms with E-state index in [1.165, 1.54) is 31.2 Å². The van der Waals surface area contributed by atoms with Crippen LogP contribution in [0.4, 0.5) is 0 Å². The van der Waals surface area contributed by atoms with Gasteiger partial charge >= 0.3 is 0 Å². The van der Waals surface area contributed by atoms with Crippen molar-refractivity contribution in [2.45, 2.75) is 64.1 Å². The van der Waals surface area contributed by atoms with Crippen molar-refractivity contribution in [2.75, 3.05) is 33.8 Å². The predicted molar refractivity (Wildman–Crippen MR) is 129 cm³/mol. The average Bonchev–Trinajstić information content (AvgIpc) is 3.31. The molecule has 1 aromatic rings. The van der Waals surface area contributed by atoms with E-state index < -0.39 is 0 Å². The number of hydrogen-bond donors (Lipinski definition) is 2. The molecular formula is C21H39IN6O. The number of nitrogens with zero attached hydrogens (tertiary/aromatic N) is 4. The lowest BCUT2D eigenvalue weighted by molar-refractivity contribution is -0.125. The molecule has 166 valence electrons. The molecule has 2 saturated carbocycles. The van der Waals surface area contributed by atoms with Crippen molar-refractivity contribution >= 4 is 29.9 Å². The number of aromatic nitrogens is 2. The predicted octanol–water partition coefficient (Wildman–Crippen LogP) is 2.93. The molecule has 3 unspecified atom stereocenters. The molecule has 3 atom stereocenters. The van der Waals surface area contributed by atoms with Crippen LogP contribution in [-0.2, 0) is 11.8 Å². The minimum absolute atomic E-state index is 0. The molecule has 1 heterocycles. The molecule has 0 radical (unpaired) electrons. The van der Waals surface area contributed by atoms with Crippen LogP contribution in [-0.4, -0.2) is 66.6 Å². The third-order valence-corrected chi connectivity index (χ3v) is 6.50. The Morgan fingerprint density at radius 3 is 2.66 bits per heavy atom. The SMILES string of the molecule is CCNC(=NCC(c1cnn(C)c1)N(C)C)NC1CC(OCC)C12CCCC2.I. The summed E-state index contributed by atoms with van der Waals surface area (Å²) in [5.74, 6) is 0.921. The molecular weight excluding hydrogens is 479 g/mol. The number of guanidine groups is 1. The first-order valence-corrected chi connectivity index (χ1v) is 10.8. The molecule has 2 N–H and O–H groups in total. The van der Waals surface area contributed by atoms with Gasteiger partial charge in [0.2, 0.25) is 0 Å². The molecule has 29 heavy (non-hydrogen) atoms. The molecule has 2 aliphatic carbocycles. The molecule has 0 aliphatic heterocycles. The Morgan fingerprint density at radius 1 is 1.38 bits per heavy atom. The van der Waals surface area contributed by atoms with E-state index in [4.69, 9.17) is 9.73 Å². The van der Waals surface area contributed by atoms with Gasteiger partial charge in [-0.25, -0.2) is 0 Å². The van der Waals surface area contributed by atoms with Crippen molar-refractivity contribution in [2.24, 2.45) is 17.5 Å². The molecule has 2 fully saturated rings. The molecule has 1 spiro atoms. The van der Waals surface area contributed by atoms with Gasteiger partial charge in [0.15, 0.2) is 5.96 Å². The van der Waals surface area contributed by atoms with Crippen LogP contribution in [0.15, 0.2) is 17.4 Å². The molecule has 1 aromatic heterocycles. The van der Waals surface area contributed by atoms with Gasteiger partial charge in [0.1, 0.15) is 0 Å². The zero-order valence-corrected chi connectivity index (χ0v) is 21.0. The van der Waals surface area contributed by atoms with Crippen LogP contribution in [0.1, 0.15) is 57.6 Å². The Labute approximate surface area is 193 Å². The van der Waals surface area contributed by atoms with Gasteiger partial charge in [0.25, 0.3) is 0 Å². The van der Waals surface area contributed by atoms with E-state index in [0.717, 1.165) is 25.5 Å². The molecule has 3 rings (SSSR count). The van der Waals surface area contributed by atoms with Crippen molar-refractivity contribution in [3.63, 3.8) is 0 Å². The summed E-state index contributed by atoms with van der Waals surface area (Å²) >= 11 is 0. The summed E-state index contributed by atoms with van der Waals surface area (Å²) in [5, 5.41) is 11.5. The number of aliphatic imine (C=N–C) groups is 1. The highest BCUT2D eigenvalue weighted by atomic mass is 127. The Bertz CT molecular complexity index is 655. The zero-order chi connectivity index (χ0) is 20.1. The quantitative estimate of drug-likeness (QED) is 0.315. The van der Waals surface area contributed by atoms with Crippen LogP contribution in [0.3, 0.4) is 0 Å². The fourth-order valence-electron chi connectivity index (χ4n) is 4.93. The molecule has 7 nitrogen and oxygen atoms in total. The average molecular weight is 518 g/mol. The number of nitrogens with one attached hydrogen (secondary N) is 2. The van der Waals surface area contributed by atoms with E-state index in [0.29, 0.717) is 24.1 Å². The smallest absolute Gasteiger partial charge is 0.191 e. The third kappa shape index (κ3) is 5.44. The van der Waals surface area contributed by atoms with Gasteiger partial charge in [-0.3, -0.25) is 9.67 Å². The van der Waals surface area contributed by atoms with Gasteiger partial charge in [0, 0.05) is 43.4 Å². The molecule has 0 saturated heterocycles. The van der Waals surface area contributed by atoms with Crippen LogP contribution in [0, 0.1) is 5.41 Å².